The first-order chi connectivity index (χ1) is 8.47. The highest BCUT2D eigenvalue weighted by Crippen LogP contribution is 2.25. The Labute approximate surface area is 113 Å². The predicted molar refractivity (Wildman–Crippen MR) is 81.3 cm³/mol. The predicted octanol–water partition coefficient (Wildman–Crippen LogP) is 4.43. The zero-order chi connectivity index (χ0) is 13.7. The fourth-order valence-corrected chi connectivity index (χ4v) is 2.56. The van der Waals surface area contributed by atoms with Gasteiger partial charge in [-0.15, -0.1) is 0 Å². The van der Waals surface area contributed by atoms with E-state index in [1.165, 1.54) is 23.1 Å². The van der Waals surface area contributed by atoms with Crippen LogP contribution in [0.3, 0.4) is 0 Å². The molecule has 102 valence electrons. The van der Waals surface area contributed by atoms with Gasteiger partial charge in [0.25, 0.3) is 0 Å². The second kappa shape index (κ2) is 6.94. The lowest BCUT2D eigenvalue weighted by atomic mass is 9.85. The minimum atomic E-state index is 0.562. The molecule has 0 aliphatic rings. The molecular weight excluding hydrogens is 218 g/mol. The maximum absolute atomic E-state index is 3.70. The molecule has 0 saturated heterocycles. The molecule has 1 N–H and O–H groups in total. The van der Waals surface area contributed by atoms with E-state index in [2.05, 4.69) is 65.1 Å². The Bertz CT molecular complexity index is 368. The van der Waals surface area contributed by atoms with Crippen LogP contribution in [-0.4, -0.2) is 12.6 Å². The lowest BCUT2D eigenvalue weighted by Crippen LogP contribution is -2.38. The van der Waals surface area contributed by atoms with E-state index in [1.54, 1.807) is 0 Å². The highest BCUT2D eigenvalue weighted by atomic mass is 14.9. The number of rotatable bonds is 6. The van der Waals surface area contributed by atoms with Gasteiger partial charge in [-0.2, -0.15) is 0 Å². The number of aryl methyl sites for hydroxylation is 2. The molecule has 0 amide bonds. The van der Waals surface area contributed by atoms with Gasteiger partial charge in [0.2, 0.25) is 0 Å². The van der Waals surface area contributed by atoms with Crippen LogP contribution < -0.4 is 5.32 Å². The van der Waals surface area contributed by atoms with Gasteiger partial charge in [-0.05, 0) is 55.3 Å². The molecule has 0 saturated carbocycles. The van der Waals surface area contributed by atoms with Gasteiger partial charge in [-0.3, -0.25) is 0 Å². The molecule has 18 heavy (non-hydrogen) atoms. The standard InChI is InChI=1S/C17H29N/c1-7-10-18-17(12(2)3)15(6)16-9-8-13(4)14(5)11-16/h8-9,11-12,15,17-18H,7,10H2,1-6H3. The van der Waals surface area contributed by atoms with Gasteiger partial charge in [0, 0.05) is 6.04 Å². The number of benzene rings is 1. The second-order valence-corrected chi connectivity index (χ2v) is 5.86. The SMILES string of the molecule is CCCNC(C(C)C)C(C)c1ccc(C)c(C)c1. The summed E-state index contributed by atoms with van der Waals surface area (Å²) in [5, 5.41) is 3.70. The zero-order valence-corrected chi connectivity index (χ0v) is 12.9. The van der Waals surface area contributed by atoms with E-state index in [1.807, 2.05) is 0 Å². The fraction of sp³-hybridized carbons (Fsp3) is 0.647. The molecule has 1 rings (SSSR count). The average molecular weight is 247 g/mol. The van der Waals surface area contributed by atoms with Gasteiger partial charge in [0.15, 0.2) is 0 Å². The van der Waals surface area contributed by atoms with E-state index in [0.717, 1.165) is 6.54 Å². The van der Waals surface area contributed by atoms with Gasteiger partial charge in [0.05, 0.1) is 0 Å². The Morgan fingerprint density at radius 1 is 1.06 bits per heavy atom. The first-order valence-electron chi connectivity index (χ1n) is 7.27. The monoisotopic (exact) mass is 247 g/mol. The van der Waals surface area contributed by atoms with Crippen molar-refractivity contribution in [1.29, 1.82) is 0 Å². The summed E-state index contributed by atoms with van der Waals surface area (Å²) < 4.78 is 0. The van der Waals surface area contributed by atoms with Crippen LogP contribution in [0.1, 0.15) is 56.7 Å². The highest BCUT2D eigenvalue weighted by Gasteiger charge is 2.21. The van der Waals surface area contributed by atoms with Crippen LogP contribution in [0.25, 0.3) is 0 Å². The van der Waals surface area contributed by atoms with E-state index >= 15 is 0 Å². The number of hydrogen-bond acceptors (Lipinski definition) is 1. The second-order valence-electron chi connectivity index (χ2n) is 5.86. The zero-order valence-electron chi connectivity index (χ0n) is 12.9. The normalized spacial score (nSPS) is 14.8. The topological polar surface area (TPSA) is 12.0 Å². The van der Waals surface area contributed by atoms with Crippen molar-refractivity contribution in [2.24, 2.45) is 5.92 Å². The van der Waals surface area contributed by atoms with Crippen LogP contribution in [0.4, 0.5) is 0 Å². The third-order valence-corrected chi connectivity index (χ3v) is 3.94. The van der Waals surface area contributed by atoms with Crippen molar-refractivity contribution in [3.8, 4) is 0 Å². The third kappa shape index (κ3) is 3.84. The van der Waals surface area contributed by atoms with Crippen molar-refractivity contribution in [1.82, 2.24) is 5.32 Å². The smallest absolute Gasteiger partial charge is 0.0156 e. The fourth-order valence-electron chi connectivity index (χ4n) is 2.56. The van der Waals surface area contributed by atoms with Gasteiger partial charge < -0.3 is 5.32 Å². The van der Waals surface area contributed by atoms with E-state index < -0.39 is 0 Å². The summed E-state index contributed by atoms with van der Waals surface area (Å²) in [4.78, 5) is 0. The van der Waals surface area contributed by atoms with E-state index in [9.17, 15) is 0 Å². The lowest BCUT2D eigenvalue weighted by molar-refractivity contribution is 0.354. The Balaban J connectivity index is 2.87. The molecule has 1 nitrogen and oxygen atoms in total. The maximum Gasteiger partial charge on any atom is 0.0156 e. The third-order valence-electron chi connectivity index (χ3n) is 3.94. The lowest BCUT2D eigenvalue weighted by Gasteiger charge is -2.29. The van der Waals surface area contributed by atoms with E-state index in [4.69, 9.17) is 0 Å². The molecule has 0 heterocycles. The number of nitrogens with one attached hydrogen (secondary N) is 1. The first-order valence-corrected chi connectivity index (χ1v) is 7.27. The molecule has 0 aromatic heterocycles. The first kappa shape index (κ1) is 15.2. The van der Waals surface area contributed by atoms with Crippen molar-refractivity contribution in [3.63, 3.8) is 0 Å². The summed E-state index contributed by atoms with van der Waals surface area (Å²) in [6, 6.07) is 7.45. The quantitative estimate of drug-likeness (QED) is 0.784. The minimum Gasteiger partial charge on any atom is -0.313 e. The van der Waals surface area contributed by atoms with E-state index in [0.29, 0.717) is 17.9 Å². The van der Waals surface area contributed by atoms with Gasteiger partial charge in [0.1, 0.15) is 0 Å². The molecule has 0 aliphatic carbocycles. The van der Waals surface area contributed by atoms with Crippen LogP contribution in [0.15, 0.2) is 18.2 Å². The molecule has 2 atom stereocenters. The summed E-state index contributed by atoms with van der Waals surface area (Å²) >= 11 is 0. The molecule has 1 heteroatoms. The van der Waals surface area contributed by atoms with Gasteiger partial charge in [-0.25, -0.2) is 0 Å². The van der Waals surface area contributed by atoms with Crippen molar-refractivity contribution in [2.75, 3.05) is 6.54 Å². The van der Waals surface area contributed by atoms with Crippen molar-refractivity contribution in [3.05, 3.63) is 34.9 Å². The van der Waals surface area contributed by atoms with Crippen molar-refractivity contribution >= 4 is 0 Å². The summed E-state index contributed by atoms with van der Waals surface area (Å²) in [5.74, 6) is 1.23. The molecule has 0 fully saturated rings. The van der Waals surface area contributed by atoms with Crippen LogP contribution in [0.2, 0.25) is 0 Å². The largest absolute Gasteiger partial charge is 0.313 e. The molecule has 1 aromatic carbocycles. The number of hydrogen-bond donors (Lipinski definition) is 1. The van der Waals surface area contributed by atoms with Crippen molar-refractivity contribution < 1.29 is 0 Å². The highest BCUT2D eigenvalue weighted by molar-refractivity contribution is 5.32. The average Bonchev–Trinajstić information content (AvgIpc) is 2.32. The molecular formula is C17H29N. The van der Waals surface area contributed by atoms with Gasteiger partial charge >= 0.3 is 0 Å². The Hall–Kier alpha value is -0.820. The molecule has 2 unspecified atom stereocenters. The Morgan fingerprint density at radius 2 is 1.72 bits per heavy atom. The maximum atomic E-state index is 3.70. The molecule has 0 radical (unpaired) electrons. The van der Waals surface area contributed by atoms with Crippen LogP contribution in [-0.2, 0) is 0 Å². The van der Waals surface area contributed by atoms with E-state index in [-0.39, 0.29) is 0 Å². The Kier molecular flexibility index (Phi) is 5.87. The van der Waals surface area contributed by atoms with Crippen LogP contribution in [0, 0.1) is 19.8 Å². The van der Waals surface area contributed by atoms with Crippen molar-refractivity contribution in [2.45, 2.75) is 59.9 Å². The summed E-state index contributed by atoms with van der Waals surface area (Å²) in [5.41, 5.74) is 4.24. The van der Waals surface area contributed by atoms with Gasteiger partial charge in [-0.1, -0.05) is 45.9 Å². The summed E-state index contributed by atoms with van der Waals surface area (Å²) in [7, 11) is 0. The Morgan fingerprint density at radius 3 is 2.22 bits per heavy atom. The van der Waals surface area contributed by atoms with Crippen LogP contribution in [0.5, 0.6) is 0 Å². The summed E-state index contributed by atoms with van der Waals surface area (Å²) in [6.07, 6.45) is 1.20. The molecule has 0 bridgehead atoms. The minimum absolute atomic E-state index is 0.562. The molecule has 0 spiro atoms. The van der Waals surface area contributed by atoms with Crippen LogP contribution >= 0.6 is 0 Å². The molecule has 1 aromatic rings. The molecule has 0 aliphatic heterocycles. The summed E-state index contributed by atoms with van der Waals surface area (Å²) in [6.45, 7) is 14.7.